The third-order valence-electron chi connectivity index (χ3n) is 4.63. The fourth-order valence-electron chi connectivity index (χ4n) is 3.07. The maximum absolute atomic E-state index is 12.8. The highest BCUT2D eigenvalue weighted by atomic mass is 16.6. The first-order valence-electron chi connectivity index (χ1n) is 9.28. The van der Waals surface area contributed by atoms with E-state index >= 15 is 0 Å². The largest absolute Gasteiger partial charge is 0.454 e. The lowest BCUT2D eigenvalue weighted by Crippen LogP contribution is -2.15. The summed E-state index contributed by atoms with van der Waals surface area (Å²) >= 11 is 0. The van der Waals surface area contributed by atoms with E-state index in [1.165, 1.54) is 24.3 Å². The van der Waals surface area contributed by atoms with Crippen LogP contribution in [0.25, 0.3) is 22.2 Å². The number of fused-ring (bicyclic) bond motifs is 1. The number of hydrogen-bond donors (Lipinski definition) is 0. The third kappa shape index (κ3) is 4.27. The zero-order valence-electron chi connectivity index (χ0n) is 16.1. The van der Waals surface area contributed by atoms with Crippen LogP contribution in [0.15, 0.2) is 79.1 Å². The Labute approximate surface area is 176 Å². The van der Waals surface area contributed by atoms with E-state index in [-0.39, 0.29) is 16.8 Å². The normalized spacial score (nSPS) is 10.6. The zero-order valence-corrected chi connectivity index (χ0v) is 16.1. The number of benzene rings is 2. The van der Waals surface area contributed by atoms with Gasteiger partial charge in [0.1, 0.15) is 0 Å². The summed E-state index contributed by atoms with van der Waals surface area (Å²) in [6, 6.07) is 17.5. The molecule has 2 heterocycles. The van der Waals surface area contributed by atoms with Crippen molar-refractivity contribution in [2.75, 3.05) is 6.61 Å². The van der Waals surface area contributed by atoms with Crippen molar-refractivity contribution in [3.8, 4) is 11.3 Å². The third-order valence-corrected chi connectivity index (χ3v) is 4.63. The fourth-order valence-corrected chi connectivity index (χ4v) is 3.07. The maximum Gasteiger partial charge on any atom is 0.339 e. The van der Waals surface area contributed by atoms with Crippen LogP contribution in [-0.4, -0.2) is 33.3 Å². The minimum Gasteiger partial charge on any atom is -0.454 e. The Kier molecular flexibility index (Phi) is 5.44. The Morgan fingerprint density at radius 1 is 1.00 bits per heavy atom. The summed E-state index contributed by atoms with van der Waals surface area (Å²) in [7, 11) is 0. The van der Waals surface area contributed by atoms with Gasteiger partial charge in [-0.15, -0.1) is 0 Å². The minimum atomic E-state index is -0.668. The minimum absolute atomic E-state index is 0.125. The van der Waals surface area contributed by atoms with Crippen molar-refractivity contribution in [2.45, 2.75) is 0 Å². The smallest absolute Gasteiger partial charge is 0.339 e. The molecule has 0 aliphatic heterocycles. The molecule has 0 atom stereocenters. The molecule has 4 rings (SSSR count). The van der Waals surface area contributed by atoms with Crippen LogP contribution in [0.5, 0.6) is 0 Å². The van der Waals surface area contributed by atoms with Crippen LogP contribution in [0.3, 0.4) is 0 Å². The summed E-state index contributed by atoms with van der Waals surface area (Å²) in [6.07, 6.45) is 3.29. The molecular formula is C23H15N3O5. The summed E-state index contributed by atoms with van der Waals surface area (Å²) < 4.78 is 5.26. The molecule has 0 unspecified atom stereocenters. The topological polar surface area (TPSA) is 112 Å². The Morgan fingerprint density at radius 3 is 2.48 bits per heavy atom. The van der Waals surface area contributed by atoms with E-state index in [1.807, 2.05) is 12.1 Å². The first-order chi connectivity index (χ1) is 15.0. The number of carbonyl (C=O) groups is 2. The fraction of sp³-hybridized carbons (Fsp3) is 0.0435. The Morgan fingerprint density at radius 2 is 1.77 bits per heavy atom. The SMILES string of the molecule is O=C(COC(=O)c1cc(-c2cccnc2)nc2ccccc12)c1ccc([N+](=O)[O-])cc1. The second-order valence-electron chi connectivity index (χ2n) is 6.62. The lowest BCUT2D eigenvalue weighted by molar-refractivity contribution is -0.384. The van der Waals surface area contributed by atoms with Gasteiger partial charge in [-0.25, -0.2) is 9.78 Å². The van der Waals surface area contributed by atoms with Gasteiger partial charge in [-0.1, -0.05) is 18.2 Å². The highest BCUT2D eigenvalue weighted by Crippen LogP contribution is 2.25. The molecule has 2 aromatic carbocycles. The molecule has 0 aliphatic carbocycles. The van der Waals surface area contributed by atoms with Crippen LogP contribution in [-0.2, 0) is 4.74 Å². The van der Waals surface area contributed by atoms with E-state index in [0.717, 1.165) is 5.56 Å². The standard InChI is InChI=1S/C23H15N3O5/c27-22(15-7-9-17(10-8-15)26(29)30)14-31-23(28)19-12-21(16-4-3-11-24-13-16)25-20-6-2-1-5-18(19)20/h1-13H,14H2. The highest BCUT2D eigenvalue weighted by Gasteiger charge is 2.17. The molecule has 0 saturated carbocycles. The number of carbonyl (C=O) groups excluding carboxylic acids is 2. The average Bonchev–Trinajstić information content (AvgIpc) is 2.82. The first-order valence-corrected chi connectivity index (χ1v) is 9.28. The van der Waals surface area contributed by atoms with Gasteiger partial charge < -0.3 is 4.74 Å². The molecule has 152 valence electrons. The van der Waals surface area contributed by atoms with Crippen LogP contribution < -0.4 is 0 Å². The summed E-state index contributed by atoms with van der Waals surface area (Å²) in [4.78, 5) is 44.0. The zero-order chi connectivity index (χ0) is 21.8. The molecule has 0 fully saturated rings. The maximum atomic E-state index is 12.8. The van der Waals surface area contributed by atoms with Gasteiger partial charge in [0.15, 0.2) is 12.4 Å². The number of pyridine rings is 2. The Balaban J connectivity index is 1.58. The van der Waals surface area contributed by atoms with E-state index in [4.69, 9.17) is 4.74 Å². The monoisotopic (exact) mass is 413 g/mol. The van der Waals surface area contributed by atoms with Gasteiger partial charge >= 0.3 is 5.97 Å². The lowest BCUT2D eigenvalue weighted by atomic mass is 10.1. The second-order valence-corrected chi connectivity index (χ2v) is 6.62. The van der Waals surface area contributed by atoms with Crippen molar-refractivity contribution in [3.63, 3.8) is 0 Å². The number of esters is 1. The summed E-state index contributed by atoms with van der Waals surface area (Å²) in [5, 5.41) is 11.3. The number of para-hydroxylation sites is 1. The molecule has 8 heteroatoms. The molecule has 0 bridgehead atoms. The van der Waals surface area contributed by atoms with Crippen molar-refractivity contribution in [3.05, 3.63) is 100 Å². The number of aromatic nitrogens is 2. The summed E-state index contributed by atoms with van der Waals surface area (Å²) in [5.41, 5.74) is 2.27. The van der Waals surface area contributed by atoms with Crippen molar-refractivity contribution in [1.29, 1.82) is 0 Å². The van der Waals surface area contributed by atoms with Crippen LogP contribution in [0.1, 0.15) is 20.7 Å². The molecule has 0 N–H and O–H groups in total. The summed E-state index contributed by atoms with van der Waals surface area (Å²) in [6.45, 7) is -0.491. The molecule has 0 radical (unpaired) electrons. The van der Waals surface area contributed by atoms with Gasteiger partial charge in [-0.3, -0.25) is 19.9 Å². The predicted octanol–water partition coefficient (Wildman–Crippen LogP) is 4.24. The summed E-state index contributed by atoms with van der Waals surface area (Å²) in [5.74, 6) is -1.13. The van der Waals surface area contributed by atoms with Gasteiger partial charge in [-0.2, -0.15) is 0 Å². The highest BCUT2D eigenvalue weighted by molar-refractivity contribution is 6.06. The van der Waals surface area contributed by atoms with Gasteiger partial charge in [0.05, 0.1) is 21.7 Å². The number of rotatable bonds is 6. The number of nitro groups is 1. The number of hydrogen-bond acceptors (Lipinski definition) is 7. The van der Waals surface area contributed by atoms with Crippen LogP contribution >= 0.6 is 0 Å². The van der Waals surface area contributed by atoms with Crippen molar-refractivity contribution in [2.24, 2.45) is 0 Å². The second kappa shape index (κ2) is 8.50. The average molecular weight is 413 g/mol. The van der Waals surface area contributed by atoms with Crippen molar-refractivity contribution < 1.29 is 19.2 Å². The molecular weight excluding hydrogens is 398 g/mol. The number of Topliss-reactive ketones (excluding diaryl/α,β-unsaturated/α-hetero) is 1. The number of ether oxygens (including phenoxy) is 1. The number of nitrogens with zero attached hydrogens (tertiary/aromatic N) is 3. The molecule has 2 aromatic heterocycles. The van der Waals surface area contributed by atoms with E-state index in [0.29, 0.717) is 16.6 Å². The quantitative estimate of drug-likeness (QED) is 0.201. The van der Waals surface area contributed by atoms with Crippen LogP contribution in [0.2, 0.25) is 0 Å². The van der Waals surface area contributed by atoms with Gasteiger partial charge in [0.25, 0.3) is 5.69 Å². The van der Waals surface area contributed by atoms with Crippen LogP contribution in [0.4, 0.5) is 5.69 Å². The van der Waals surface area contributed by atoms with Crippen molar-refractivity contribution in [1.82, 2.24) is 9.97 Å². The molecule has 0 spiro atoms. The van der Waals surface area contributed by atoms with E-state index in [9.17, 15) is 19.7 Å². The van der Waals surface area contributed by atoms with E-state index < -0.39 is 23.3 Å². The number of non-ortho nitro benzene ring substituents is 1. The van der Waals surface area contributed by atoms with Gasteiger partial charge in [-0.05, 0) is 36.4 Å². The molecule has 31 heavy (non-hydrogen) atoms. The molecule has 0 saturated heterocycles. The number of nitro benzene ring substituents is 1. The molecule has 4 aromatic rings. The van der Waals surface area contributed by atoms with Crippen LogP contribution in [0, 0.1) is 10.1 Å². The molecule has 8 nitrogen and oxygen atoms in total. The first kappa shape index (κ1) is 19.8. The molecule has 0 amide bonds. The van der Waals surface area contributed by atoms with Crippen molar-refractivity contribution >= 4 is 28.3 Å². The predicted molar refractivity (Wildman–Crippen MR) is 113 cm³/mol. The lowest BCUT2D eigenvalue weighted by Gasteiger charge is -2.10. The number of ketones is 1. The Bertz CT molecular complexity index is 1290. The van der Waals surface area contributed by atoms with Gasteiger partial charge in [0, 0.05) is 41.0 Å². The van der Waals surface area contributed by atoms with E-state index in [1.54, 1.807) is 42.7 Å². The van der Waals surface area contributed by atoms with Gasteiger partial charge in [0.2, 0.25) is 0 Å². The van der Waals surface area contributed by atoms with E-state index in [2.05, 4.69) is 9.97 Å². The Hall–Kier alpha value is -4.46. The molecule has 0 aliphatic rings.